The molecule has 1 N–H and O–H groups in total. The van der Waals surface area contributed by atoms with Crippen molar-refractivity contribution in [3.05, 3.63) is 50.9 Å². The minimum atomic E-state index is 0.567. The van der Waals surface area contributed by atoms with Crippen LogP contribution in [0.3, 0.4) is 0 Å². The maximum atomic E-state index is 6.07. The van der Waals surface area contributed by atoms with Gasteiger partial charge in [-0.3, -0.25) is 0 Å². The van der Waals surface area contributed by atoms with Gasteiger partial charge >= 0.3 is 0 Å². The summed E-state index contributed by atoms with van der Waals surface area (Å²) in [6.45, 7) is 2.94. The van der Waals surface area contributed by atoms with E-state index in [-0.39, 0.29) is 0 Å². The summed E-state index contributed by atoms with van der Waals surface area (Å²) in [5.41, 5.74) is 3.47. The number of hydrogen-bond donors (Lipinski definition) is 1. The zero-order valence-corrected chi connectivity index (χ0v) is 13.9. The fourth-order valence-electron chi connectivity index (χ4n) is 2.33. The molecule has 0 radical (unpaired) electrons. The molecule has 2 heterocycles. The van der Waals surface area contributed by atoms with Crippen molar-refractivity contribution in [2.24, 2.45) is 0 Å². The zero-order valence-electron chi connectivity index (χ0n) is 11.6. The van der Waals surface area contributed by atoms with E-state index in [0.717, 1.165) is 41.0 Å². The highest BCUT2D eigenvalue weighted by Gasteiger charge is 2.19. The Balaban J connectivity index is 1.91. The molecule has 1 aromatic carbocycles. The van der Waals surface area contributed by atoms with Crippen LogP contribution in [-0.2, 0) is 17.9 Å². The quantitative estimate of drug-likeness (QED) is 0.886. The molecule has 0 atom stereocenters. The number of aromatic nitrogens is 2. The monoisotopic (exact) mass is 339 g/mol. The van der Waals surface area contributed by atoms with E-state index in [1.807, 2.05) is 30.0 Å². The number of halogens is 2. The normalized spacial score (nSPS) is 13.3. The van der Waals surface area contributed by atoms with Crippen LogP contribution in [0.4, 0.5) is 5.82 Å². The largest absolute Gasteiger partial charge is 0.370 e. The van der Waals surface area contributed by atoms with Gasteiger partial charge in [0.05, 0.1) is 15.7 Å². The molecule has 3 rings (SSSR count). The molecule has 0 aliphatic carbocycles. The summed E-state index contributed by atoms with van der Waals surface area (Å²) in [4.78, 5) is 9.37. The molecule has 110 valence electrons. The lowest BCUT2D eigenvalue weighted by Crippen LogP contribution is -2.09. The van der Waals surface area contributed by atoms with Gasteiger partial charge in [0.25, 0.3) is 0 Å². The third-order valence-electron chi connectivity index (χ3n) is 3.31. The van der Waals surface area contributed by atoms with E-state index in [1.54, 1.807) is 0 Å². The number of benzene rings is 1. The Kier molecular flexibility index (Phi) is 4.57. The van der Waals surface area contributed by atoms with Crippen LogP contribution >= 0.6 is 35.0 Å². The molecule has 0 saturated heterocycles. The van der Waals surface area contributed by atoms with Gasteiger partial charge in [-0.05, 0) is 24.6 Å². The van der Waals surface area contributed by atoms with Crippen LogP contribution in [0, 0.1) is 0 Å². The number of fused-ring (bicyclic) bond motifs is 1. The molecule has 1 aliphatic rings. The summed E-state index contributed by atoms with van der Waals surface area (Å²) in [6, 6.07) is 5.66. The lowest BCUT2D eigenvalue weighted by Gasteiger charge is -2.10. The molecule has 0 bridgehead atoms. The number of thioether (sulfide) groups is 1. The lowest BCUT2D eigenvalue weighted by molar-refractivity contribution is 0.924. The molecular weight excluding hydrogens is 325 g/mol. The van der Waals surface area contributed by atoms with Crippen LogP contribution in [0.15, 0.2) is 18.2 Å². The van der Waals surface area contributed by atoms with Crippen molar-refractivity contribution in [2.75, 3.05) is 11.9 Å². The minimum absolute atomic E-state index is 0.567. The molecule has 2 aromatic rings. The SMILES string of the molecule is CCNc1nc(Cc2ccc(Cl)c(Cl)c2)nc2c1CSC2. The molecule has 6 heteroatoms. The molecule has 0 fully saturated rings. The number of rotatable bonds is 4. The standard InChI is InChI=1S/C15H15Cl2N3S/c1-2-18-15-10-7-21-8-13(10)19-14(20-15)6-9-3-4-11(16)12(17)5-9/h3-5H,2,6-8H2,1H3,(H,18,19,20). The third kappa shape index (κ3) is 3.28. The second kappa shape index (κ2) is 6.42. The molecule has 3 nitrogen and oxygen atoms in total. The van der Waals surface area contributed by atoms with Gasteiger partial charge in [0.2, 0.25) is 0 Å². The van der Waals surface area contributed by atoms with Crippen LogP contribution in [0.2, 0.25) is 10.0 Å². The summed E-state index contributed by atoms with van der Waals surface area (Å²) in [7, 11) is 0. The molecule has 21 heavy (non-hydrogen) atoms. The van der Waals surface area contributed by atoms with Gasteiger partial charge in [-0.15, -0.1) is 0 Å². The zero-order chi connectivity index (χ0) is 14.8. The number of anilines is 1. The Morgan fingerprint density at radius 3 is 2.81 bits per heavy atom. The lowest BCUT2D eigenvalue weighted by atomic mass is 10.1. The first kappa shape index (κ1) is 14.9. The number of nitrogens with one attached hydrogen (secondary N) is 1. The van der Waals surface area contributed by atoms with E-state index in [2.05, 4.69) is 17.2 Å². The van der Waals surface area contributed by atoms with Crippen molar-refractivity contribution in [3.63, 3.8) is 0 Å². The van der Waals surface area contributed by atoms with E-state index >= 15 is 0 Å². The first-order valence-corrected chi connectivity index (χ1v) is 8.72. The van der Waals surface area contributed by atoms with E-state index in [9.17, 15) is 0 Å². The predicted molar refractivity (Wildman–Crippen MR) is 90.5 cm³/mol. The van der Waals surface area contributed by atoms with Crippen molar-refractivity contribution >= 4 is 40.8 Å². The Bertz CT molecular complexity index is 676. The number of nitrogens with zero attached hydrogens (tertiary/aromatic N) is 2. The number of hydrogen-bond acceptors (Lipinski definition) is 4. The topological polar surface area (TPSA) is 37.8 Å². The van der Waals surface area contributed by atoms with Gasteiger partial charge in [-0.1, -0.05) is 29.3 Å². The van der Waals surface area contributed by atoms with E-state index < -0.39 is 0 Å². The third-order valence-corrected chi connectivity index (χ3v) is 5.02. The average molecular weight is 340 g/mol. The molecule has 1 aromatic heterocycles. The fraction of sp³-hybridized carbons (Fsp3) is 0.333. The van der Waals surface area contributed by atoms with E-state index in [0.29, 0.717) is 16.5 Å². The second-order valence-corrected chi connectivity index (χ2v) is 6.66. The minimum Gasteiger partial charge on any atom is -0.370 e. The summed E-state index contributed by atoms with van der Waals surface area (Å²) in [5, 5.41) is 4.48. The van der Waals surface area contributed by atoms with Gasteiger partial charge in [0.1, 0.15) is 11.6 Å². The highest BCUT2D eigenvalue weighted by molar-refractivity contribution is 7.98. The Morgan fingerprint density at radius 2 is 2.05 bits per heavy atom. The summed E-state index contributed by atoms with van der Waals surface area (Å²) in [6.07, 6.45) is 0.660. The summed E-state index contributed by atoms with van der Waals surface area (Å²) < 4.78 is 0. The van der Waals surface area contributed by atoms with Crippen LogP contribution in [0.1, 0.15) is 29.6 Å². The first-order valence-electron chi connectivity index (χ1n) is 6.81. The van der Waals surface area contributed by atoms with Gasteiger partial charge in [0, 0.05) is 30.0 Å². The fourth-order valence-corrected chi connectivity index (χ4v) is 3.69. The summed E-state index contributed by atoms with van der Waals surface area (Å²) >= 11 is 13.9. The Morgan fingerprint density at radius 1 is 1.19 bits per heavy atom. The Hall–Kier alpha value is -0.970. The van der Waals surface area contributed by atoms with Crippen molar-refractivity contribution in [1.29, 1.82) is 0 Å². The van der Waals surface area contributed by atoms with Crippen LogP contribution in [-0.4, -0.2) is 16.5 Å². The van der Waals surface area contributed by atoms with Crippen LogP contribution < -0.4 is 5.32 Å². The van der Waals surface area contributed by atoms with Crippen molar-refractivity contribution in [1.82, 2.24) is 9.97 Å². The smallest absolute Gasteiger partial charge is 0.135 e. The molecular formula is C15H15Cl2N3S. The van der Waals surface area contributed by atoms with E-state index in [1.165, 1.54) is 5.56 Å². The first-order chi connectivity index (χ1) is 10.2. The molecule has 0 spiro atoms. The maximum absolute atomic E-state index is 6.07. The predicted octanol–water partition coefficient (Wildman–Crippen LogP) is 4.55. The van der Waals surface area contributed by atoms with Gasteiger partial charge in [-0.2, -0.15) is 11.8 Å². The summed E-state index contributed by atoms with van der Waals surface area (Å²) in [5.74, 6) is 3.75. The van der Waals surface area contributed by atoms with Crippen LogP contribution in [0.25, 0.3) is 0 Å². The average Bonchev–Trinajstić information content (AvgIpc) is 2.92. The highest BCUT2D eigenvalue weighted by Crippen LogP contribution is 2.33. The molecule has 0 unspecified atom stereocenters. The van der Waals surface area contributed by atoms with Gasteiger partial charge in [0.15, 0.2) is 0 Å². The van der Waals surface area contributed by atoms with Crippen molar-refractivity contribution in [2.45, 2.75) is 24.9 Å². The molecule has 0 amide bonds. The van der Waals surface area contributed by atoms with E-state index in [4.69, 9.17) is 28.2 Å². The van der Waals surface area contributed by atoms with Gasteiger partial charge < -0.3 is 5.32 Å². The molecule has 1 aliphatic heterocycles. The van der Waals surface area contributed by atoms with Crippen LogP contribution in [0.5, 0.6) is 0 Å². The highest BCUT2D eigenvalue weighted by atomic mass is 35.5. The van der Waals surface area contributed by atoms with Gasteiger partial charge in [-0.25, -0.2) is 9.97 Å². The van der Waals surface area contributed by atoms with Crippen molar-refractivity contribution < 1.29 is 0 Å². The second-order valence-electron chi connectivity index (χ2n) is 4.86. The molecule has 0 saturated carbocycles. The van der Waals surface area contributed by atoms with Crippen molar-refractivity contribution in [3.8, 4) is 0 Å². The Labute approximate surface area is 138 Å². The maximum Gasteiger partial charge on any atom is 0.135 e.